The smallest absolute Gasteiger partial charge is 0.416 e. The van der Waals surface area contributed by atoms with E-state index < -0.39 is 50.0 Å². The van der Waals surface area contributed by atoms with Gasteiger partial charge in [-0.2, -0.15) is 13.2 Å². The molecule has 0 atom stereocenters. The van der Waals surface area contributed by atoms with Gasteiger partial charge in [0, 0.05) is 23.8 Å². The van der Waals surface area contributed by atoms with Gasteiger partial charge in [0.1, 0.15) is 11.1 Å². The molecule has 0 aliphatic heterocycles. The van der Waals surface area contributed by atoms with Crippen molar-refractivity contribution in [2.75, 3.05) is 6.61 Å². The van der Waals surface area contributed by atoms with E-state index in [0.717, 1.165) is 30.5 Å². The first-order valence-corrected chi connectivity index (χ1v) is 8.48. The fourth-order valence-electron chi connectivity index (χ4n) is 2.46. The third kappa shape index (κ3) is 5.29. The van der Waals surface area contributed by atoms with Crippen LogP contribution in [0.1, 0.15) is 33.2 Å². The third-order valence-corrected chi connectivity index (χ3v) is 3.96. The largest absolute Gasteiger partial charge is 0.501 e. The predicted octanol–water partition coefficient (Wildman–Crippen LogP) is 4.51. The number of Topliss-reactive ketones (excluding diaryl/α,β-unsaturated/α-hetero) is 2. The fraction of sp³-hybridized carbons (Fsp3) is 0.158. The molecule has 0 aromatic heterocycles. The Morgan fingerprint density at radius 1 is 1.00 bits per heavy atom. The maximum absolute atomic E-state index is 12.9. The van der Waals surface area contributed by atoms with Crippen molar-refractivity contribution in [3.8, 4) is 0 Å². The molecule has 2 aromatic rings. The summed E-state index contributed by atoms with van der Waals surface area (Å²) in [6.45, 7) is 1.54. The highest BCUT2D eigenvalue weighted by molar-refractivity contribution is 6.31. The minimum Gasteiger partial charge on any atom is -0.501 e. The second-order valence-electron chi connectivity index (χ2n) is 5.94. The number of carbonyl (C=O) groups excluding carboxylic acids is 2. The molecule has 0 aliphatic rings. The molecule has 162 valence electrons. The average Bonchev–Trinajstić information content (AvgIpc) is 2.72. The molecule has 0 spiro atoms. The summed E-state index contributed by atoms with van der Waals surface area (Å²) in [6, 6.07) is 5.43. The number of nitro benzene ring substituents is 2. The number of halogens is 3. The van der Waals surface area contributed by atoms with E-state index in [4.69, 9.17) is 4.74 Å². The summed E-state index contributed by atoms with van der Waals surface area (Å²) in [5.41, 5.74) is -4.42. The first kappa shape index (κ1) is 23.2. The molecule has 2 rings (SSSR count). The van der Waals surface area contributed by atoms with Crippen molar-refractivity contribution in [1.29, 1.82) is 0 Å². The van der Waals surface area contributed by atoms with Crippen LogP contribution in [0.3, 0.4) is 0 Å². The minimum atomic E-state index is -4.88. The van der Waals surface area contributed by atoms with E-state index >= 15 is 0 Å². The molecule has 0 aliphatic carbocycles. The number of rotatable bonds is 8. The zero-order valence-electron chi connectivity index (χ0n) is 15.7. The van der Waals surface area contributed by atoms with E-state index in [0.29, 0.717) is 12.1 Å². The highest BCUT2D eigenvalue weighted by atomic mass is 19.4. The van der Waals surface area contributed by atoms with Crippen molar-refractivity contribution in [3.05, 3.63) is 91.2 Å². The molecule has 9 nitrogen and oxygen atoms in total. The number of hydrogen-bond donors (Lipinski definition) is 0. The molecule has 31 heavy (non-hydrogen) atoms. The number of non-ortho nitro benzene ring substituents is 1. The number of alkyl halides is 3. The maximum atomic E-state index is 12.9. The Labute approximate surface area is 172 Å². The molecule has 0 bridgehead atoms. The molecule has 0 heterocycles. The Kier molecular flexibility index (Phi) is 6.85. The molecule has 0 saturated heterocycles. The van der Waals surface area contributed by atoms with Crippen LogP contribution in [0.4, 0.5) is 24.5 Å². The van der Waals surface area contributed by atoms with Crippen molar-refractivity contribution in [3.63, 3.8) is 0 Å². The lowest BCUT2D eigenvalue weighted by Gasteiger charge is -2.10. The van der Waals surface area contributed by atoms with Crippen LogP contribution in [0, 0.1) is 20.2 Å². The van der Waals surface area contributed by atoms with Crippen molar-refractivity contribution in [2.45, 2.75) is 13.1 Å². The zero-order valence-corrected chi connectivity index (χ0v) is 15.7. The van der Waals surface area contributed by atoms with Gasteiger partial charge in [-0.05, 0) is 31.2 Å². The highest BCUT2D eigenvalue weighted by Gasteiger charge is 2.35. The molecule has 0 amide bonds. The molecule has 0 N–H and O–H groups in total. The van der Waals surface area contributed by atoms with E-state index in [9.17, 15) is 43.0 Å². The Bertz CT molecular complexity index is 1080. The summed E-state index contributed by atoms with van der Waals surface area (Å²) in [5.74, 6) is -2.22. The van der Waals surface area contributed by atoms with Gasteiger partial charge in [-0.15, -0.1) is 0 Å². The van der Waals surface area contributed by atoms with Gasteiger partial charge in [0.05, 0.1) is 28.3 Å². The topological polar surface area (TPSA) is 130 Å². The highest BCUT2D eigenvalue weighted by Crippen LogP contribution is 2.34. The van der Waals surface area contributed by atoms with Gasteiger partial charge < -0.3 is 4.74 Å². The lowest BCUT2D eigenvalue weighted by atomic mass is 9.95. The van der Waals surface area contributed by atoms with E-state index in [1.165, 1.54) is 6.92 Å². The summed E-state index contributed by atoms with van der Waals surface area (Å²) in [6.07, 6.45) is -4.14. The number of benzene rings is 2. The van der Waals surface area contributed by atoms with Crippen LogP contribution in [0.15, 0.2) is 54.3 Å². The van der Waals surface area contributed by atoms with Gasteiger partial charge in [0.2, 0.25) is 5.78 Å². The van der Waals surface area contributed by atoms with Crippen LogP contribution >= 0.6 is 0 Å². The van der Waals surface area contributed by atoms with Gasteiger partial charge in [-0.1, -0.05) is 0 Å². The number of allylic oxidation sites excluding steroid dienone is 1. The van der Waals surface area contributed by atoms with Gasteiger partial charge in [-0.25, -0.2) is 0 Å². The molecule has 0 saturated carbocycles. The van der Waals surface area contributed by atoms with Crippen LogP contribution in [0.25, 0.3) is 0 Å². The minimum absolute atomic E-state index is 0.0133. The fourth-order valence-corrected chi connectivity index (χ4v) is 2.46. The van der Waals surface area contributed by atoms with Crippen molar-refractivity contribution in [1.82, 2.24) is 0 Å². The Morgan fingerprint density at radius 2 is 1.61 bits per heavy atom. The summed E-state index contributed by atoms with van der Waals surface area (Å²) < 4.78 is 43.6. The normalized spacial score (nSPS) is 11.7. The number of ketones is 2. The van der Waals surface area contributed by atoms with E-state index in [1.54, 1.807) is 0 Å². The van der Waals surface area contributed by atoms with Crippen LogP contribution < -0.4 is 0 Å². The maximum Gasteiger partial charge on any atom is 0.416 e. The first-order valence-electron chi connectivity index (χ1n) is 8.48. The standard InChI is InChI=1S/C19H13F3N2O7/c1-2-31-10-15(17(25)11-3-6-13(7-4-11)23(27)28)18(26)14-8-5-12(19(20,21)22)9-16(14)24(29)30/h3-10H,2H2,1H3. The molecular weight excluding hydrogens is 425 g/mol. The van der Waals surface area contributed by atoms with Crippen LogP contribution in [-0.4, -0.2) is 28.0 Å². The number of nitro groups is 2. The quantitative estimate of drug-likeness (QED) is 0.113. The first-order chi connectivity index (χ1) is 14.5. The van der Waals surface area contributed by atoms with Crippen LogP contribution in [0.2, 0.25) is 0 Å². The predicted molar refractivity (Wildman–Crippen MR) is 99.6 cm³/mol. The van der Waals surface area contributed by atoms with Crippen molar-refractivity contribution in [2.24, 2.45) is 0 Å². The molecule has 0 unspecified atom stereocenters. The number of hydrogen-bond acceptors (Lipinski definition) is 7. The number of ether oxygens (including phenoxy) is 1. The van der Waals surface area contributed by atoms with Crippen LogP contribution in [-0.2, 0) is 10.9 Å². The number of nitrogens with zero attached hydrogens (tertiary/aromatic N) is 2. The molecule has 12 heteroatoms. The van der Waals surface area contributed by atoms with Gasteiger partial charge in [-0.3, -0.25) is 29.8 Å². The summed E-state index contributed by atoms with van der Waals surface area (Å²) in [7, 11) is 0. The van der Waals surface area contributed by atoms with Crippen molar-refractivity contribution < 1.29 is 37.3 Å². The molecular formula is C19H13F3N2O7. The Balaban J connectivity index is 2.54. The summed E-state index contributed by atoms with van der Waals surface area (Å²) >= 11 is 0. The Hall–Kier alpha value is -4.09. The molecule has 2 aromatic carbocycles. The molecule has 0 fully saturated rings. The second kappa shape index (κ2) is 9.15. The third-order valence-electron chi connectivity index (χ3n) is 3.96. The molecule has 0 radical (unpaired) electrons. The Morgan fingerprint density at radius 3 is 2.10 bits per heavy atom. The summed E-state index contributed by atoms with van der Waals surface area (Å²) in [5, 5.41) is 22.0. The van der Waals surface area contributed by atoms with E-state index in [2.05, 4.69) is 0 Å². The zero-order chi connectivity index (χ0) is 23.3. The lowest BCUT2D eigenvalue weighted by Crippen LogP contribution is -2.17. The van der Waals surface area contributed by atoms with Gasteiger partial charge in [0.25, 0.3) is 11.4 Å². The van der Waals surface area contributed by atoms with Gasteiger partial charge >= 0.3 is 6.18 Å². The number of carbonyl (C=O) groups is 2. The second-order valence-corrected chi connectivity index (χ2v) is 5.94. The monoisotopic (exact) mass is 438 g/mol. The van der Waals surface area contributed by atoms with E-state index in [-0.39, 0.29) is 23.9 Å². The average molecular weight is 438 g/mol. The van der Waals surface area contributed by atoms with E-state index in [1.807, 2.05) is 0 Å². The lowest BCUT2D eigenvalue weighted by molar-refractivity contribution is -0.385. The summed E-state index contributed by atoms with van der Waals surface area (Å²) in [4.78, 5) is 45.8. The van der Waals surface area contributed by atoms with Crippen molar-refractivity contribution >= 4 is 22.9 Å². The SMILES string of the molecule is CCOC=C(C(=O)c1ccc([N+](=O)[O-])cc1)C(=O)c1ccc(C(F)(F)F)cc1[N+](=O)[O-]. The van der Waals surface area contributed by atoms with Gasteiger partial charge in [0.15, 0.2) is 5.78 Å². The van der Waals surface area contributed by atoms with Crippen LogP contribution in [0.5, 0.6) is 0 Å².